The van der Waals surface area contributed by atoms with Crippen molar-refractivity contribution >= 4 is 40.0 Å². The Kier molecular flexibility index (Phi) is 11.5. The lowest BCUT2D eigenvalue weighted by Crippen LogP contribution is -2.38. The summed E-state index contributed by atoms with van der Waals surface area (Å²) in [7, 11) is 1.22. The van der Waals surface area contributed by atoms with Crippen LogP contribution in [0, 0.1) is 5.92 Å². The molecule has 0 aliphatic heterocycles. The Morgan fingerprint density at radius 1 is 1.06 bits per heavy atom. The normalized spacial score (nSPS) is 12.9. The molecule has 0 aliphatic rings. The van der Waals surface area contributed by atoms with Crippen LogP contribution in [0.3, 0.4) is 0 Å². The monoisotopic (exact) mass is 574 g/mol. The molecule has 0 saturated heterocycles. The van der Waals surface area contributed by atoms with Gasteiger partial charge in [-0.1, -0.05) is 44.2 Å². The number of halogens is 1. The Bertz CT molecular complexity index is 977. The maximum atomic E-state index is 12.6. The van der Waals surface area contributed by atoms with Gasteiger partial charge in [-0.05, 0) is 42.2 Å². The topological polar surface area (TPSA) is 83.0 Å². The third-order valence-corrected chi connectivity index (χ3v) is 6.63. The predicted octanol–water partition coefficient (Wildman–Crippen LogP) is 4.02. The average Bonchev–Trinajstić information content (AvgIpc) is 2.75. The molecule has 0 amide bonds. The first-order chi connectivity index (χ1) is 14.6. The second-order valence-corrected chi connectivity index (χ2v) is 10.1. The molecule has 9 heteroatoms. The summed E-state index contributed by atoms with van der Waals surface area (Å²) in [5.74, 6) is 1.92. The number of aliphatic imine (C=N–C) groups is 1. The second kappa shape index (κ2) is 13.0. The SMILES string of the molecule is CN=C(NCc1ccccc1S(=O)(=O)N(C)C)NC(C)c1ccc(OCC(C)C)cc1.I. The lowest BCUT2D eigenvalue weighted by atomic mass is 10.1. The fourth-order valence-corrected chi connectivity index (χ4v) is 3.99. The molecule has 0 heterocycles. The molecule has 0 aliphatic carbocycles. The van der Waals surface area contributed by atoms with Gasteiger partial charge in [0, 0.05) is 27.7 Å². The summed E-state index contributed by atoms with van der Waals surface area (Å²) in [6.07, 6.45) is 0. The zero-order valence-corrected chi connectivity index (χ0v) is 22.8. The van der Waals surface area contributed by atoms with Gasteiger partial charge in [0.1, 0.15) is 5.75 Å². The summed E-state index contributed by atoms with van der Waals surface area (Å²) in [5.41, 5.74) is 1.77. The number of benzene rings is 2. The van der Waals surface area contributed by atoms with Gasteiger partial charge in [-0.15, -0.1) is 24.0 Å². The van der Waals surface area contributed by atoms with Crippen molar-refractivity contribution in [2.75, 3.05) is 27.7 Å². The van der Waals surface area contributed by atoms with Gasteiger partial charge >= 0.3 is 0 Å². The number of hydrogen-bond donors (Lipinski definition) is 2. The van der Waals surface area contributed by atoms with E-state index >= 15 is 0 Å². The maximum Gasteiger partial charge on any atom is 0.242 e. The molecule has 2 aromatic carbocycles. The lowest BCUT2D eigenvalue weighted by molar-refractivity contribution is 0.271. The van der Waals surface area contributed by atoms with Crippen molar-refractivity contribution in [1.82, 2.24) is 14.9 Å². The van der Waals surface area contributed by atoms with E-state index < -0.39 is 10.0 Å². The second-order valence-electron chi connectivity index (χ2n) is 7.96. The van der Waals surface area contributed by atoms with Crippen LogP contribution in [0.2, 0.25) is 0 Å². The van der Waals surface area contributed by atoms with E-state index in [1.807, 2.05) is 37.3 Å². The van der Waals surface area contributed by atoms with Gasteiger partial charge in [0.25, 0.3) is 0 Å². The van der Waals surface area contributed by atoms with Gasteiger partial charge in [0.15, 0.2) is 5.96 Å². The third kappa shape index (κ3) is 7.93. The number of rotatable bonds is 9. The molecule has 0 fully saturated rings. The molecule has 1 atom stereocenters. The number of nitrogens with one attached hydrogen (secondary N) is 2. The Morgan fingerprint density at radius 3 is 2.25 bits per heavy atom. The Morgan fingerprint density at radius 2 is 1.69 bits per heavy atom. The van der Waals surface area contributed by atoms with Gasteiger partial charge < -0.3 is 15.4 Å². The van der Waals surface area contributed by atoms with E-state index in [1.165, 1.54) is 18.4 Å². The van der Waals surface area contributed by atoms with Crippen molar-refractivity contribution in [2.45, 2.75) is 38.3 Å². The smallest absolute Gasteiger partial charge is 0.242 e. The van der Waals surface area contributed by atoms with E-state index in [9.17, 15) is 8.42 Å². The highest BCUT2D eigenvalue weighted by molar-refractivity contribution is 14.0. The molecule has 2 N–H and O–H groups in total. The molecule has 0 bridgehead atoms. The minimum Gasteiger partial charge on any atom is -0.493 e. The number of hydrogen-bond acceptors (Lipinski definition) is 4. The highest BCUT2D eigenvalue weighted by atomic mass is 127. The standard InChI is InChI=1S/C23H34N4O3S.HI/c1-17(2)16-30-21-13-11-19(12-14-21)18(3)26-23(24-4)25-15-20-9-7-8-10-22(20)31(28,29)27(5)6;/h7-14,17-18H,15-16H2,1-6H3,(H2,24,25,26);1H. The molecular formula is C23H35IN4O3S. The zero-order chi connectivity index (χ0) is 23.0. The first kappa shape index (κ1) is 28.2. The molecule has 2 rings (SSSR count). The number of sulfonamides is 1. The van der Waals surface area contributed by atoms with E-state index in [0.29, 0.717) is 30.6 Å². The van der Waals surface area contributed by atoms with Crippen LogP contribution < -0.4 is 15.4 Å². The van der Waals surface area contributed by atoms with Crippen LogP contribution >= 0.6 is 24.0 Å². The highest BCUT2D eigenvalue weighted by Gasteiger charge is 2.20. The first-order valence-electron chi connectivity index (χ1n) is 10.4. The molecular weight excluding hydrogens is 539 g/mol. The average molecular weight is 575 g/mol. The van der Waals surface area contributed by atoms with Gasteiger partial charge in [-0.2, -0.15) is 0 Å². The molecule has 0 aromatic heterocycles. The summed E-state index contributed by atoms with van der Waals surface area (Å²) >= 11 is 0. The summed E-state index contributed by atoms with van der Waals surface area (Å²) in [6, 6.07) is 15.0. The molecule has 0 saturated carbocycles. The minimum absolute atomic E-state index is 0. The summed E-state index contributed by atoms with van der Waals surface area (Å²) in [5, 5.41) is 6.56. The van der Waals surface area contributed by atoms with Crippen LogP contribution in [0.4, 0.5) is 0 Å². The molecule has 1 unspecified atom stereocenters. The molecule has 178 valence electrons. The zero-order valence-electron chi connectivity index (χ0n) is 19.6. The van der Waals surface area contributed by atoms with Gasteiger partial charge in [0.2, 0.25) is 10.0 Å². The van der Waals surface area contributed by atoms with Crippen molar-refractivity contribution in [3.8, 4) is 5.75 Å². The molecule has 0 radical (unpaired) electrons. The Balaban J connectivity index is 0.00000512. The minimum atomic E-state index is -3.52. The van der Waals surface area contributed by atoms with Crippen LogP contribution in [-0.4, -0.2) is 46.4 Å². The highest BCUT2D eigenvalue weighted by Crippen LogP contribution is 2.19. The largest absolute Gasteiger partial charge is 0.493 e. The number of nitrogens with zero attached hydrogens (tertiary/aromatic N) is 2. The van der Waals surface area contributed by atoms with Crippen LogP contribution in [0.25, 0.3) is 0 Å². The summed E-state index contributed by atoms with van der Waals surface area (Å²) < 4.78 is 32.1. The van der Waals surface area contributed by atoms with E-state index in [2.05, 4.69) is 29.5 Å². The third-order valence-electron chi connectivity index (χ3n) is 4.72. The van der Waals surface area contributed by atoms with Crippen molar-refractivity contribution in [3.05, 3.63) is 59.7 Å². The van der Waals surface area contributed by atoms with Crippen molar-refractivity contribution in [3.63, 3.8) is 0 Å². The number of ether oxygens (including phenoxy) is 1. The quantitative estimate of drug-likeness (QED) is 0.269. The Labute approximate surface area is 209 Å². The lowest BCUT2D eigenvalue weighted by Gasteiger charge is -2.20. The van der Waals surface area contributed by atoms with E-state index in [0.717, 1.165) is 11.3 Å². The predicted molar refractivity (Wildman–Crippen MR) is 141 cm³/mol. The van der Waals surface area contributed by atoms with E-state index in [4.69, 9.17) is 4.74 Å². The summed E-state index contributed by atoms with van der Waals surface area (Å²) in [6.45, 7) is 7.30. The Hall–Kier alpha value is -1.85. The fraction of sp³-hybridized carbons (Fsp3) is 0.435. The maximum absolute atomic E-state index is 12.6. The molecule has 7 nitrogen and oxygen atoms in total. The van der Waals surface area contributed by atoms with Crippen molar-refractivity contribution in [1.29, 1.82) is 0 Å². The van der Waals surface area contributed by atoms with Crippen molar-refractivity contribution in [2.24, 2.45) is 10.9 Å². The van der Waals surface area contributed by atoms with E-state index in [1.54, 1.807) is 25.2 Å². The van der Waals surface area contributed by atoms with Gasteiger partial charge in [-0.3, -0.25) is 4.99 Å². The van der Waals surface area contributed by atoms with Crippen LogP contribution in [0.15, 0.2) is 58.4 Å². The summed E-state index contributed by atoms with van der Waals surface area (Å²) in [4.78, 5) is 4.56. The molecule has 0 spiro atoms. The van der Waals surface area contributed by atoms with Gasteiger partial charge in [0.05, 0.1) is 17.5 Å². The van der Waals surface area contributed by atoms with Crippen LogP contribution in [-0.2, 0) is 16.6 Å². The van der Waals surface area contributed by atoms with Crippen molar-refractivity contribution < 1.29 is 13.2 Å². The van der Waals surface area contributed by atoms with E-state index in [-0.39, 0.29) is 34.9 Å². The first-order valence-corrected chi connectivity index (χ1v) is 11.8. The van der Waals surface area contributed by atoms with Crippen LogP contribution in [0.1, 0.15) is 37.9 Å². The molecule has 32 heavy (non-hydrogen) atoms. The van der Waals surface area contributed by atoms with Gasteiger partial charge in [-0.25, -0.2) is 12.7 Å². The fourth-order valence-electron chi connectivity index (χ4n) is 2.88. The number of guanidine groups is 1. The molecule has 2 aromatic rings. The van der Waals surface area contributed by atoms with Crippen LogP contribution in [0.5, 0.6) is 5.75 Å².